The molecule has 0 fully saturated rings. The molecule has 1 heterocycles. The molecule has 0 spiro atoms. The van der Waals surface area contributed by atoms with Crippen LogP contribution in [0.1, 0.15) is 46.6 Å². The van der Waals surface area contributed by atoms with Crippen molar-refractivity contribution < 1.29 is 9.59 Å². The number of aromatic nitrogens is 3. The molecule has 1 amide bonds. The van der Waals surface area contributed by atoms with Gasteiger partial charge in [0.15, 0.2) is 10.9 Å². The Balaban J connectivity index is 1.62. The molecule has 0 unspecified atom stereocenters. The van der Waals surface area contributed by atoms with Gasteiger partial charge in [-0.25, -0.2) is 0 Å². The summed E-state index contributed by atoms with van der Waals surface area (Å²) in [6, 6.07) is 6.07. The van der Waals surface area contributed by atoms with E-state index >= 15 is 0 Å². The molecule has 6 nitrogen and oxygen atoms in total. The van der Waals surface area contributed by atoms with Gasteiger partial charge < -0.3 is 10.3 Å². The van der Waals surface area contributed by atoms with E-state index in [1.807, 2.05) is 23.7 Å². The van der Waals surface area contributed by atoms with Crippen LogP contribution in [0.25, 0.3) is 0 Å². The number of carbonyl (C=O) groups is 2. The number of aryl methyl sites for hydroxylation is 3. The summed E-state index contributed by atoms with van der Waals surface area (Å²) in [6.45, 7) is 0. The monoisotopic (exact) mass is 358 g/mol. The molecule has 0 saturated heterocycles. The first kappa shape index (κ1) is 17.7. The van der Waals surface area contributed by atoms with E-state index in [2.05, 4.69) is 16.3 Å². The number of ketones is 1. The van der Waals surface area contributed by atoms with Crippen molar-refractivity contribution >= 4 is 23.5 Å². The van der Waals surface area contributed by atoms with Crippen molar-refractivity contribution in [2.75, 3.05) is 5.75 Å². The predicted octanol–water partition coefficient (Wildman–Crippen LogP) is 2.09. The maximum Gasteiger partial charge on any atom is 0.217 e. The summed E-state index contributed by atoms with van der Waals surface area (Å²) in [6.07, 6.45) is 5.32. The molecule has 0 saturated carbocycles. The van der Waals surface area contributed by atoms with Gasteiger partial charge >= 0.3 is 0 Å². The van der Waals surface area contributed by atoms with Gasteiger partial charge in [-0.2, -0.15) is 0 Å². The molecule has 0 atom stereocenters. The number of carbonyl (C=O) groups excluding carboxylic acids is 2. The summed E-state index contributed by atoms with van der Waals surface area (Å²) < 4.78 is 1.81. The number of fused-ring (bicyclic) bond motifs is 1. The van der Waals surface area contributed by atoms with Crippen LogP contribution in [-0.4, -0.2) is 32.2 Å². The molecule has 2 aromatic rings. The second-order valence-corrected chi connectivity index (χ2v) is 7.27. The molecule has 1 aromatic heterocycles. The fraction of sp³-hybridized carbons (Fsp3) is 0.444. The van der Waals surface area contributed by atoms with Gasteiger partial charge in [0.2, 0.25) is 5.91 Å². The Kier molecular flexibility index (Phi) is 5.53. The molecule has 2 N–H and O–H groups in total. The minimum atomic E-state index is -0.361. The van der Waals surface area contributed by atoms with Crippen molar-refractivity contribution in [3.63, 3.8) is 0 Å². The van der Waals surface area contributed by atoms with Gasteiger partial charge in [-0.15, -0.1) is 10.2 Å². The van der Waals surface area contributed by atoms with E-state index in [9.17, 15) is 9.59 Å². The Hall–Kier alpha value is -2.15. The Morgan fingerprint density at radius 1 is 1.20 bits per heavy atom. The first-order chi connectivity index (χ1) is 12.0. The van der Waals surface area contributed by atoms with E-state index in [0.717, 1.165) is 18.4 Å². The molecule has 3 rings (SSSR count). The Labute approximate surface area is 151 Å². The van der Waals surface area contributed by atoms with Crippen LogP contribution < -0.4 is 5.73 Å². The fourth-order valence-corrected chi connectivity index (χ4v) is 3.87. The van der Waals surface area contributed by atoms with Crippen molar-refractivity contribution in [2.24, 2.45) is 12.8 Å². The van der Waals surface area contributed by atoms with E-state index < -0.39 is 0 Å². The Bertz CT molecular complexity index is 800. The highest BCUT2D eigenvalue weighted by atomic mass is 32.2. The lowest BCUT2D eigenvalue weighted by atomic mass is 9.90. The molecule has 132 valence electrons. The number of nitrogens with zero attached hydrogens (tertiary/aromatic N) is 3. The smallest absolute Gasteiger partial charge is 0.217 e. The Morgan fingerprint density at radius 2 is 1.96 bits per heavy atom. The topological polar surface area (TPSA) is 90.9 Å². The van der Waals surface area contributed by atoms with Crippen LogP contribution >= 0.6 is 11.8 Å². The predicted molar refractivity (Wildman–Crippen MR) is 96.7 cm³/mol. The zero-order chi connectivity index (χ0) is 17.8. The molecule has 1 aliphatic rings. The van der Waals surface area contributed by atoms with Gasteiger partial charge in [-0.1, -0.05) is 23.9 Å². The summed E-state index contributed by atoms with van der Waals surface area (Å²) in [5.41, 5.74) is 8.62. The molecular formula is C18H22N4O2S. The lowest BCUT2D eigenvalue weighted by molar-refractivity contribution is -0.118. The third kappa shape index (κ3) is 4.28. The maximum absolute atomic E-state index is 12.5. The second-order valence-electron chi connectivity index (χ2n) is 6.33. The van der Waals surface area contributed by atoms with Crippen molar-refractivity contribution in [1.82, 2.24) is 14.8 Å². The standard InChI is InChI=1S/C18H22N4O2S/c1-22-17(9-8-16(19)24)20-21-18(22)25-11-15(23)14-7-6-12-4-2-3-5-13(12)10-14/h6-7,10H,2-5,8-9,11H2,1H3,(H2,19,24). The van der Waals surface area contributed by atoms with Gasteiger partial charge in [-0.3, -0.25) is 9.59 Å². The number of amides is 1. The summed E-state index contributed by atoms with van der Waals surface area (Å²) >= 11 is 1.37. The van der Waals surface area contributed by atoms with Crippen molar-refractivity contribution in [3.8, 4) is 0 Å². The minimum Gasteiger partial charge on any atom is -0.370 e. The van der Waals surface area contributed by atoms with Crippen LogP contribution in [0.3, 0.4) is 0 Å². The Morgan fingerprint density at radius 3 is 2.72 bits per heavy atom. The zero-order valence-corrected chi connectivity index (χ0v) is 15.1. The average Bonchev–Trinajstić information content (AvgIpc) is 2.97. The molecule has 25 heavy (non-hydrogen) atoms. The summed E-state index contributed by atoms with van der Waals surface area (Å²) in [7, 11) is 1.84. The van der Waals surface area contributed by atoms with Crippen LogP contribution in [0.5, 0.6) is 0 Å². The number of nitrogens with two attached hydrogens (primary N) is 1. The van der Waals surface area contributed by atoms with E-state index in [0.29, 0.717) is 23.2 Å². The number of hydrogen-bond donors (Lipinski definition) is 1. The van der Waals surface area contributed by atoms with E-state index in [4.69, 9.17) is 5.73 Å². The molecule has 0 radical (unpaired) electrons. The lowest BCUT2D eigenvalue weighted by Gasteiger charge is -2.16. The quantitative estimate of drug-likeness (QED) is 0.604. The molecular weight excluding hydrogens is 336 g/mol. The minimum absolute atomic E-state index is 0.0973. The van der Waals surface area contributed by atoms with Crippen LogP contribution in [0.15, 0.2) is 23.4 Å². The molecule has 7 heteroatoms. The summed E-state index contributed by atoms with van der Waals surface area (Å²) in [4.78, 5) is 23.4. The number of benzene rings is 1. The lowest BCUT2D eigenvalue weighted by Crippen LogP contribution is -2.13. The highest BCUT2D eigenvalue weighted by Crippen LogP contribution is 2.24. The van der Waals surface area contributed by atoms with Gasteiger partial charge in [0.1, 0.15) is 5.82 Å². The number of hydrogen-bond acceptors (Lipinski definition) is 5. The van der Waals surface area contributed by atoms with Crippen LogP contribution in [0.4, 0.5) is 0 Å². The van der Waals surface area contributed by atoms with Crippen molar-refractivity contribution in [2.45, 2.75) is 43.7 Å². The molecule has 0 aliphatic heterocycles. The number of thioether (sulfide) groups is 1. The van der Waals surface area contributed by atoms with E-state index in [1.54, 1.807) is 0 Å². The normalized spacial score (nSPS) is 13.5. The van der Waals surface area contributed by atoms with Crippen LogP contribution in [0.2, 0.25) is 0 Å². The number of primary amides is 1. The highest BCUT2D eigenvalue weighted by Gasteiger charge is 2.15. The van der Waals surface area contributed by atoms with Crippen LogP contribution in [0, 0.1) is 0 Å². The third-order valence-corrected chi connectivity index (χ3v) is 5.54. The summed E-state index contributed by atoms with van der Waals surface area (Å²) in [5, 5.41) is 8.84. The summed E-state index contributed by atoms with van der Waals surface area (Å²) in [5.74, 6) is 0.753. The van der Waals surface area contributed by atoms with Crippen molar-refractivity contribution in [3.05, 3.63) is 40.7 Å². The fourth-order valence-electron chi connectivity index (χ4n) is 3.04. The van der Waals surface area contributed by atoms with E-state index in [-0.39, 0.29) is 18.1 Å². The SMILES string of the molecule is Cn1c(CCC(N)=O)nnc1SCC(=O)c1ccc2c(c1)CCCC2. The maximum atomic E-state index is 12.5. The van der Waals surface area contributed by atoms with Gasteiger partial charge in [0, 0.05) is 25.5 Å². The van der Waals surface area contributed by atoms with Gasteiger partial charge in [0.05, 0.1) is 5.75 Å². The third-order valence-electron chi connectivity index (χ3n) is 4.52. The zero-order valence-electron chi connectivity index (χ0n) is 14.3. The van der Waals surface area contributed by atoms with Gasteiger partial charge in [-0.05, 0) is 42.9 Å². The first-order valence-corrected chi connectivity index (χ1v) is 9.47. The first-order valence-electron chi connectivity index (χ1n) is 8.49. The highest BCUT2D eigenvalue weighted by molar-refractivity contribution is 7.99. The molecule has 1 aliphatic carbocycles. The number of rotatable bonds is 7. The van der Waals surface area contributed by atoms with Crippen molar-refractivity contribution in [1.29, 1.82) is 0 Å². The molecule has 0 bridgehead atoms. The second kappa shape index (κ2) is 7.82. The van der Waals surface area contributed by atoms with Crippen LogP contribution in [-0.2, 0) is 31.1 Å². The number of Topliss-reactive ketones (excluding diaryl/α,β-unsaturated/α-hetero) is 1. The largest absolute Gasteiger partial charge is 0.370 e. The van der Waals surface area contributed by atoms with Gasteiger partial charge in [0.25, 0.3) is 0 Å². The van der Waals surface area contributed by atoms with E-state index in [1.165, 1.54) is 35.7 Å². The average molecular weight is 358 g/mol. The molecule has 1 aromatic carbocycles.